The molecule has 0 radical (unpaired) electrons. The summed E-state index contributed by atoms with van der Waals surface area (Å²) in [5.41, 5.74) is 0. The van der Waals surface area contributed by atoms with E-state index in [0.717, 1.165) is 6.07 Å². The van der Waals surface area contributed by atoms with Gasteiger partial charge in [-0.1, -0.05) is 0 Å². The number of piperidine rings is 1. The Balaban J connectivity index is 2.06. The number of sulfonamides is 1. The topological polar surface area (TPSA) is 57.6 Å². The van der Waals surface area contributed by atoms with Crippen LogP contribution in [0, 0.1) is 11.6 Å². The van der Waals surface area contributed by atoms with Crippen molar-refractivity contribution in [2.24, 2.45) is 0 Å². The number of halogens is 3. The van der Waals surface area contributed by atoms with E-state index in [9.17, 15) is 22.3 Å². The van der Waals surface area contributed by atoms with Crippen molar-refractivity contribution in [3.63, 3.8) is 0 Å². The molecule has 2 bridgehead atoms. The molecule has 21 heavy (non-hydrogen) atoms. The Kier molecular flexibility index (Phi) is 3.84. The van der Waals surface area contributed by atoms with Gasteiger partial charge in [0, 0.05) is 22.6 Å². The molecular formula is C13H14BrF2NO3S. The van der Waals surface area contributed by atoms with E-state index in [-0.39, 0.29) is 16.6 Å². The largest absolute Gasteiger partial charge is 0.393 e. The number of hydrogen-bond donors (Lipinski definition) is 1. The third-order valence-corrected chi connectivity index (χ3v) is 7.11. The normalized spacial score (nSPS) is 29.8. The van der Waals surface area contributed by atoms with Crippen LogP contribution in [0.5, 0.6) is 0 Å². The predicted molar refractivity (Wildman–Crippen MR) is 75.1 cm³/mol. The van der Waals surface area contributed by atoms with E-state index in [1.807, 2.05) is 0 Å². The SMILES string of the molecule is O=S(=O)(c1c(F)cc(F)cc1Br)N1C2CCC1CC(O)C2. The molecule has 0 amide bonds. The Morgan fingerprint density at radius 2 is 1.76 bits per heavy atom. The molecule has 3 rings (SSSR count). The lowest BCUT2D eigenvalue weighted by Crippen LogP contribution is -2.48. The van der Waals surface area contributed by atoms with Crippen LogP contribution in [0.1, 0.15) is 25.7 Å². The Hall–Kier alpha value is -0.570. The average Bonchev–Trinajstić information content (AvgIpc) is 2.61. The number of hydrogen-bond acceptors (Lipinski definition) is 3. The summed E-state index contributed by atoms with van der Waals surface area (Å²) < 4.78 is 53.8. The third-order valence-electron chi connectivity index (χ3n) is 4.14. The molecule has 2 fully saturated rings. The van der Waals surface area contributed by atoms with Crippen molar-refractivity contribution in [3.05, 3.63) is 28.2 Å². The van der Waals surface area contributed by atoms with Crippen LogP contribution >= 0.6 is 15.9 Å². The van der Waals surface area contributed by atoms with Crippen LogP contribution in [-0.4, -0.2) is 36.0 Å². The molecule has 0 aliphatic carbocycles. The summed E-state index contributed by atoms with van der Waals surface area (Å²) in [7, 11) is -4.07. The van der Waals surface area contributed by atoms with Gasteiger partial charge in [0.25, 0.3) is 0 Å². The summed E-state index contributed by atoms with van der Waals surface area (Å²) in [6.07, 6.45) is 1.50. The molecule has 2 atom stereocenters. The van der Waals surface area contributed by atoms with Crippen molar-refractivity contribution in [1.29, 1.82) is 0 Å². The smallest absolute Gasteiger partial charge is 0.247 e. The minimum absolute atomic E-state index is 0.120. The zero-order chi connectivity index (χ0) is 15.4. The molecular weight excluding hydrogens is 368 g/mol. The van der Waals surface area contributed by atoms with Gasteiger partial charge in [0.1, 0.15) is 16.5 Å². The third kappa shape index (κ3) is 2.52. The molecule has 2 saturated heterocycles. The fourth-order valence-corrected chi connectivity index (χ4v) is 6.39. The van der Waals surface area contributed by atoms with Crippen LogP contribution in [0.15, 0.2) is 21.5 Å². The van der Waals surface area contributed by atoms with Gasteiger partial charge in [-0.3, -0.25) is 0 Å². The molecule has 1 aromatic rings. The quantitative estimate of drug-likeness (QED) is 0.855. The van der Waals surface area contributed by atoms with E-state index in [1.54, 1.807) is 0 Å². The van der Waals surface area contributed by atoms with Gasteiger partial charge < -0.3 is 5.11 Å². The Labute approximate surface area is 129 Å². The van der Waals surface area contributed by atoms with Gasteiger partial charge in [0.05, 0.1) is 6.10 Å². The van der Waals surface area contributed by atoms with Gasteiger partial charge in [0.15, 0.2) is 0 Å². The maximum Gasteiger partial charge on any atom is 0.247 e. The maximum absolute atomic E-state index is 14.0. The fraction of sp³-hybridized carbons (Fsp3) is 0.538. The minimum Gasteiger partial charge on any atom is -0.393 e. The number of aliphatic hydroxyl groups excluding tert-OH is 1. The summed E-state index contributed by atoms with van der Waals surface area (Å²) in [5, 5.41) is 9.74. The summed E-state index contributed by atoms with van der Waals surface area (Å²) in [6, 6.07) is 0.870. The minimum atomic E-state index is -4.07. The maximum atomic E-state index is 14.0. The lowest BCUT2D eigenvalue weighted by atomic mass is 10.0. The lowest BCUT2D eigenvalue weighted by molar-refractivity contribution is 0.0767. The molecule has 0 spiro atoms. The molecule has 2 heterocycles. The highest BCUT2D eigenvalue weighted by molar-refractivity contribution is 9.10. The van der Waals surface area contributed by atoms with Crippen LogP contribution in [0.2, 0.25) is 0 Å². The van der Waals surface area contributed by atoms with Crippen LogP contribution in [0.4, 0.5) is 8.78 Å². The van der Waals surface area contributed by atoms with Crippen molar-refractivity contribution >= 4 is 26.0 Å². The van der Waals surface area contributed by atoms with Crippen molar-refractivity contribution < 1.29 is 22.3 Å². The zero-order valence-electron chi connectivity index (χ0n) is 11.0. The Morgan fingerprint density at radius 1 is 1.19 bits per heavy atom. The first-order valence-corrected chi connectivity index (χ1v) is 8.90. The zero-order valence-corrected chi connectivity index (χ0v) is 13.4. The lowest BCUT2D eigenvalue weighted by Gasteiger charge is -2.36. The number of rotatable bonds is 2. The number of nitrogens with zero attached hydrogens (tertiary/aromatic N) is 1. The molecule has 8 heteroatoms. The van der Waals surface area contributed by atoms with Gasteiger partial charge in [-0.05, 0) is 47.7 Å². The molecule has 0 aromatic heterocycles. The fourth-order valence-electron chi connectivity index (χ4n) is 3.38. The van der Waals surface area contributed by atoms with E-state index in [1.165, 1.54) is 4.31 Å². The highest BCUT2D eigenvalue weighted by Gasteiger charge is 2.48. The van der Waals surface area contributed by atoms with Crippen molar-refractivity contribution in [2.75, 3.05) is 0 Å². The van der Waals surface area contributed by atoms with Crippen LogP contribution in [0.3, 0.4) is 0 Å². The second kappa shape index (κ2) is 5.26. The highest BCUT2D eigenvalue weighted by Crippen LogP contribution is 2.41. The number of aliphatic hydroxyl groups is 1. The Morgan fingerprint density at radius 3 is 2.29 bits per heavy atom. The number of benzene rings is 1. The number of fused-ring (bicyclic) bond motifs is 2. The molecule has 116 valence electrons. The highest BCUT2D eigenvalue weighted by atomic mass is 79.9. The van der Waals surface area contributed by atoms with E-state index in [4.69, 9.17) is 0 Å². The van der Waals surface area contributed by atoms with E-state index in [0.29, 0.717) is 31.7 Å². The molecule has 2 aliphatic heterocycles. The first kappa shape index (κ1) is 15.3. The van der Waals surface area contributed by atoms with Crippen molar-refractivity contribution in [1.82, 2.24) is 4.31 Å². The second-order valence-corrected chi connectivity index (χ2v) is 8.18. The summed E-state index contributed by atoms with van der Waals surface area (Å²) in [5.74, 6) is -1.94. The summed E-state index contributed by atoms with van der Waals surface area (Å²) >= 11 is 2.94. The molecule has 2 aliphatic rings. The van der Waals surface area contributed by atoms with E-state index < -0.39 is 32.7 Å². The molecule has 0 saturated carbocycles. The van der Waals surface area contributed by atoms with Crippen molar-refractivity contribution in [2.45, 2.75) is 48.8 Å². The second-order valence-electron chi connectivity index (χ2n) is 5.54. The predicted octanol–water partition coefficient (Wildman–Crippen LogP) is 2.40. The van der Waals surface area contributed by atoms with Gasteiger partial charge >= 0.3 is 0 Å². The monoisotopic (exact) mass is 381 g/mol. The van der Waals surface area contributed by atoms with Crippen LogP contribution in [0.25, 0.3) is 0 Å². The van der Waals surface area contributed by atoms with Gasteiger partial charge in [-0.25, -0.2) is 17.2 Å². The standard InChI is InChI=1S/C13H14BrF2NO3S/c14-11-3-7(15)4-12(16)13(11)21(19,20)17-8-1-2-9(17)6-10(18)5-8/h3-4,8-10,18H,1-2,5-6H2. The average molecular weight is 382 g/mol. The molecule has 1 N–H and O–H groups in total. The van der Waals surface area contributed by atoms with E-state index >= 15 is 0 Å². The van der Waals surface area contributed by atoms with Gasteiger partial charge in [-0.15, -0.1) is 0 Å². The summed E-state index contributed by atoms with van der Waals surface area (Å²) in [6.45, 7) is 0. The Bertz CT molecular complexity index is 645. The van der Waals surface area contributed by atoms with Gasteiger partial charge in [-0.2, -0.15) is 4.31 Å². The molecule has 2 unspecified atom stereocenters. The van der Waals surface area contributed by atoms with E-state index in [2.05, 4.69) is 15.9 Å². The van der Waals surface area contributed by atoms with Gasteiger partial charge in [0.2, 0.25) is 10.0 Å². The molecule has 1 aromatic carbocycles. The summed E-state index contributed by atoms with van der Waals surface area (Å²) in [4.78, 5) is -0.530. The van der Waals surface area contributed by atoms with Crippen LogP contribution < -0.4 is 0 Å². The first-order chi connectivity index (χ1) is 9.80. The first-order valence-electron chi connectivity index (χ1n) is 6.67. The van der Waals surface area contributed by atoms with Crippen molar-refractivity contribution in [3.8, 4) is 0 Å². The van der Waals surface area contributed by atoms with Crippen LogP contribution in [-0.2, 0) is 10.0 Å². The molecule has 4 nitrogen and oxygen atoms in total.